The lowest BCUT2D eigenvalue weighted by Gasteiger charge is -2.37. The Morgan fingerprint density at radius 1 is 1.04 bits per heavy atom. The number of nitrogens with two attached hydrogens (primary N) is 1. The van der Waals surface area contributed by atoms with Gasteiger partial charge in [-0.2, -0.15) is 4.31 Å². The van der Waals surface area contributed by atoms with Gasteiger partial charge in [0.25, 0.3) is 0 Å². The fraction of sp³-hybridized carbons (Fsp3) is 0.611. The van der Waals surface area contributed by atoms with Crippen molar-refractivity contribution in [2.24, 2.45) is 5.73 Å². The van der Waals surface area contributed by atoms with Gasteiger partial charge in [0.05, 0.1) is 10.4 Å². The zero-order valence-electron chi connectivity index (χ0n) is 15.0. The summed E-state index contributed by atoms with van der Waals surface area (Å²) in [6, 6.07) is 5.21. The second-order valence-electron chi connectivity index (χ2n) is 7.31. The predicted octanol–water partition coefficient (Wildman–Crippen LogP) is 1.41. The van der Waals surface area contributed by atoms with E-state index in [1.165, 1.54) is 4.31 Å². The predicted molar refractivity (Wildman–Crippen MR) is 96.6 cm³/mol. The zero-order chi connectivity index (χ0) is 18.2. The molecule has 2 aliphatic rings. The summed E-state index contributed by atoms with van der Waals surface area (Å²) in [4.78, 5) is 14.7. The van der Waals surface area contributed by atoms with Crippen LogP contribution in [0.3, 0.4) is 0 Å². The number of carbonyl (C=O) groups is 1. The van der Waals surface area contributed by atoms with Crippen LogP contribution in [-0.4, -0.2) is 55.2 Å². The molecule has 3 rings (SSSR count). The molecular formula is C18H27N3O3S. The molecular weight excluding hydrogens is 338 g/mol. The van der Waals surface area contributed by atoms with E-state index in [1.54, 1.807) is 17.0 Å². The molecule has 2 N–H and O–H groups in total. The van der Waals surface area contributed by atoms with Crippen molar-refractivity contribution >= 4 is 15.9 Å². The van der Waals surface area contributed by atoms with Gasteiger partial charge in [0, 0.05) is 26.2 Å². The van der Waals surface area contributed by atoms with E-state index in [2.05, 4.69) is 0 Å². The van der Waals surface area contributed by atoms with Crippen LogP contribution in [-0.2, 0) is 14.8 Å². The smallest absolute Gasteiger partial charge is 0.243 e. The molecule has 138 valence electrons. The lowest BCUT2D eigenvalue weighted by atomic mass is 9.97. The van der Waals surface area contributed by atoms with E-state index >= 15 is 0 Å². The van der Waals surface area contributed by atoms with Crippen LogP contribution < -0.4 is 5.73 Å². The minimum absolute atomic E-state index is 0.0202. The van der Waals surface area contributed by atoms with Crippen LogP contribution in [0.1, 0.15) is 36.8 Å². The fourth-order valence-corrected chi connectivity index (χ4v) is 5.20. The van der Waals surface area contributed by atoms with Gasteiger partial charge in [-0.05, 0) is 49.9 Å². The quantitative estimate of drug-likeness (QED) is 0.878. The minimum Gasteiger partial charge on any atom is -0.338 e. The number of hydrogen-bond acceptors (Lipinski definition) is 4. The first-order valence-corrected chi connectivity index (χ1v) is 10.3. The Morgan fingerprint density at radius 2 is 1.64 bits per heavy atom. The molecule has 1 saturated carbocycles. The second kappa shape index (κ2) is 6.70. The van der Waals surface area contributed by atoms with Crippen molar-refractivity contribution < 1.29 is 13.2 Å². The van der Waals surface area contributed by atoms with Gasteiger partial charge in [0.2, 0.25) is 15.9 Å². The molecule has 0 radical (unpaired) electrons. The third kappa shape index (κ3) is 3.45. The van der Waals surface area contributed by atoms with Crippen LogP contribution in [0.15, 0.2) is 23.1 Å². The van der Waals surface area contributed by atoms with E-state index in [0.717, 1.165) is 36.8 Å². The summed E-state index contributed by atoms with van der Waals surface area (Å²) >= 11 is 0. The first-order chi connectivity index (χ1) is 11.7. The third-order valence-electron chi connectivity index (χ3n) is 5.56. The number of sulfonamides is 1. The van der Waals surface area contributed by atoms with Crippen LogP contribution >= 0.6 is 0 Å². The van der Waals surface area contributed by atoms with Crippen molar-refractivity contribution in [2.75, 3.05) is 26.2 Å². The summed E-state index contributed by atoms with van der Waals surface area (Å²) < 4.78 is 27.2. The molecule has 25 heavy (non-hydrogen) atoms. The standard InChI is InChI=1S/C18H27N3O3S/c1-14-5-6-16(13-15(14)2)25(23,24)21-11-9-20(10-12-21)17(22)18(19)7-3-4-8-18/h5-6,13H,3-4,7-12,19H2,1-2H3. The number of benzene rings is 1. The van der Waals surface area contributed by atoms with Gasteiger partial charge in [0.15, 0.2) is 0 Å². The molecule has 0 atom stereocenters. The van der Waals surface area contributed by atoms with Gasteiger partial charge in [0.1, 0.15) is 0 Å². The summed E-state index contributed by atoms with van der Waals surface area (Å²) in [6.07, 6.45) is 3.44. The number of nitrogens with zero attached hydrogens (tertiary/aromatic N) is 2. The molecule has 0 aromatic heterocycles. The van der Waals surface area contributed by atoms with Crippen molar-refractivity contribution in [2.45, 2.75) is 50.0 Å². The largest absolute Gasteiger partial charge is 0.338 e. The number of aryl methyl sites for hydroxylation is 2. The van der Waals surface area contributed by atoms with Crippen molar-refractivity contribution in [3.05, 3.63) is 29.3 Å². The summed E-state index contributed by atoms with van der Waals surface area (Å²) in [5.74, 6) is -0.0202. The zero-order valence-corrected chi connectivity index (χ0v) is 15.8. The number of carbonyl (C=O) groups excluding carboxylic acids is 1. The molecule has 1 aromatic carbocycles. The maximum absolute atomic E-state index is 12.8. The van der Waals surface area contributed by atoms with E-state index in [1.807, 2.05) is 19.9 Å². The van der Waals surface area contributed by atoms with Crippen LogP contribution in [0, 0.1) is 13.8 Å². The summed E-state index contributed by atoms with van der Waals surface area (Å²) in [5, 5.41) is 0. The van der Waals surface area contributed by atoms with Crippen LogP contribution in [0.5, 0.6) is 0 Å². The molecule has 0 unspecified atom stereocenters. The molecule has 1 saturated heterocycles. The molecule has 1 amide bonds. The Bertz CT molecular complexity index is 762. The van der Waals surface area contributed by atoms with Crippen LogP contribution in [0.4, 0.5) is 0 Å². The van der Waals surface area contributed by atoms with Gasteiger partial charge in [-0.1, -0.05) is 18.9 Å². The number of rotatable bonds is 3. The SMILES string of the molecule is Cc1ccc(S(=O)(=O)N2CCN(C(=O)C3(N)CCCC3)CC2)cc1C. The molecule has 1 aliphatic carbocycles. The van der Waals surface area contributed by atoms with Crippen molar-refractivity contribution in [3.8, 4) is 0 Å². The van der Waals surface area contributed by atoms with Gasteiger partial charge in [-0.25, -0.2) is 8.42 Å². The molecule has 0 spiro atoms. The molecule has 7 heteroatoms. The van der Waals surface area contributed by atoms with E-state index in [4.69, 9.17) is 5.73 Å². The van der Waals surface area contributed by atoms with Crippen molar-refractivity contribution in [1.82, 2.24) is 9.21 Å². The van der Waals surface area contributed by atoms with Gasteiger partial charge in [-0.3, -0.25) is 4.79 Å². The van der Waals surface area contributed by atoms with E-state index in [-0.39, 0.29) is 5.91 Å². The van der Waals surface area contributed by atoms with Crippen molar-refractivity contribution in [3.63, 3.8) is 0 Å². The normalized spacial score (nSPS) is 21.5. The monoisotopic (exact) mass is 365 g/mol. The first kappa shape index (κ1) is 18.4. The highest BCUT2D eigenvalue weighted by atomic mass is 32.2. The van der Waals surface area contributed by atoms with Crippen LogP contribution in [0.2, 0.25) is 0 Å². The third-order valence-corrected chi connectivity index (χ3v) is 7.46. The van der Waals surface area contributed by atoms with Gasteiger partial charge in [-0.15, -0.1) is 0 Å². The maximum atomic E-state index is 12.8. The van der Waals surface area contributed by atoms with E-state index in [0.29, 0.717) is 31.1 Å². The Morgan fingerprint density at radius 3 is 2.20 bits per heavy atom. The molecule has 1 aromatic rings. The number of piperazine rings is 1. The van der Waals surface area contributed by atoms with Crippen molar-refractivity contribution in [1.29, 1.82) is 0 Å². The number of amides is 1. The highest BCUT2D eigenvalue weighted by molar-refractivity contribution is 7.89. The lowest BCUT2D eigenvalue weighted by Crippen LogP contribution is -2.59. The Balaban J connectivity index is 1.69. The highest BCUT2D eigenvalue weighted by Gasteiger charge is 2.41. The average molecular weight is 365 g/mol. The highest BCUT2D eigenvalue weighted by Crippen LogP contribution is 2.29. The Labute approximate surface area is 150 Å². The minimum atomic E-state index is -3.52. The fourth-order valence-electron chi connectivity index (χ4n) is 3.69. The molecule has 6 nitrogen and oxygen atoms in total. The maximum Gasteiger partial charge on any atom is 0.243 e. The summed E-state index contributed by atoms with van der Waals surface area (Å²) in [7, 11) is -3.52. The van der Waals surface area contributed by atoms with E-state index < -0.39 is 15.6 Å². The van der Waals surface area contributed by atoms with Crippen LogP contribution in [0.25, 0.3) is 0 Å². The molecule has 1 heterocycles. The summed E-state index contributed by atoms with van der Waals surface area (Å²) in [5.41, 5.74) is 7.54. The molecule has 1 aliphatic heterocycles. The van der Waals surface area contributed by atoms with Gasteiger partial charge >= 0.3 is 0 Å². The topological polar surface area (TPSA) is 83.7 Å². The van der Waals surface area contributed by atoms with E-state index in [9.17, 15) is 13.2 Å². The average Bonchev–Trinajstić information content (AvgIpc) is 3.04. The molecule has 2 fully saturated rings. The first-order valence-electron chi connectivity index (χ1n) is 8.90. The second-order valence-corrected chi connectivity index (χ2v) is 9.24. The Kier molecular flexibility index (Phi) is 4.92. The van der Waals surface area contributed by atoms with Gasteiger partial charge < -0.3 is 10.6 Å². The lowest BCUT2D eigenvalue weighted by molar-refractivity contribution is -0.138. The Hall–Kier alpha value is -1.44. The summed E-state index contributed by atoms with van der Waals surface area (Å²) in [6.45, 7) is 5.31. The molecule has 0 bridgehead atoms. The number of hydrogen-bond donors (Lipinski definition) is 1.